The van der Waals surface area contributed by atoms with Crippen LogP contribution in [0.3, 0.4) is 0 Å². The summed E-state index contributed by atoms with van der Waals surface area (Å²) in [5.74, 6) is 0. The molecule has 0 saturated heterocycles. The molecule has 0 radical (unpaired) electrons. The minimum Gasteiger partial charge on any atom is -0.334 e. The molecule has 20 heavy (non-hydrogen) atoms. The third-order valence-electron chi connectivity index (χ3n) is 1.80. The van der Waals surface area contributed by atoms with Gasteiger partial charge < -0.3 is 9.13 Å². The Labute approximate surface area is 120 Å². The van der Waals surface area contributed by atoms with Gasteiger partial charge in [-0.1, -0.05) is 12.2 Å². The van der Waals surface area contributed by atoms with Gasteiger partial charge in [0.05, 0.1) is 12.7 Å². The van der Waals surface area contributed by atoms with Crippen LogP contribution in [-0.2, 0) is 24.5 Å². The summed E-state index contributed by atoms with van der Waals surface area (Å²) in [4.78, 5) is 7.71. The van der Waals surface area contributed by atoms with Crippen LogP contribution in [0.5, 0.6) is 0 Å². The topological polar surface area (TPSA) is 93.2 Å². The Morgan fingerprint density at radius 2 is 1.35 bits per heavy atom. The first-order valence-electron chi connectivity index (χ1n) is 5.53. The predicted octanol–water partition coefficient (Wildman–Crippen LogP) is 1.82. The SMILES string of the molecule is C=CCn1ccnc1.C=CCn1ccnc1.O=S(O)O. The van der Waals surface area contributed by atoms with E-state index in [1.807, 2.05) is 33.7 Å². The zero-order valence-corrected chi connectivity index (χ0v) is 11.8. The Kier molecular flexibility index (Phi) is 10.8. The first kappa shape index (κ1) is 18.0. The lowest BCUT2D eigenvalue weighted by Gasteiger charge is -1.89. The summed E-state index contributed by atoms with van der Waals surface area (Å²) in [5, 5.41) is 0. The summed E-state index contributed by atoms with van der Waals surface area (Å²) in [5.41, 5.74) is 0. The fourth-order valence-electron chi connectivity index (χ4n) is 1.09. The molecule has 2 heterocycles. The second-order valence-electron chi connectivity index (χ2n) is 3.33. The van der Waals surface area contributed by atoms with Crippen LogP contribution in [0, 0.1) is 0 Å². The molecule has 0 amide bonds. The molecule has 0 aromatic carbocycles. The Hall–Kier alpha value is -2.03. The molecule has 110 valence electrons. The molecule has 0 spiro atoms. The van der Waals surface area contributed by atoms with Gasteiger partial charge in [-0.3, -0.25) is 9.11 Å². The molecule has 0 saturated carbocycles. The van der Waals surface area contributed by atoms with E-state index in [0.717, 1.165) is 13.1 Å². The van der Waals surface area contributed by atoms with Crippen LogP contribution in [0.4, 0.5) is 0 Å². The molecule has 2 aromatic heterocycles. The monoisotopic (exact) mass is 298 g/mol. The Bertz CT molecular complexity index is 439. The lowest BCUT2D eigenvalue weighted by molar-refractivity contribution is 0.454. The highest BCUT2D eigenvalue weighted by Crippen LogP contribution is 1.84. The van der Waals surface area contributed by atoms with Gasteiger partial charge in [-0.25, -0.2) is 9.97 Å². The van der Waals surface area contributed by atoms with Crippen LogP contribution in [0.25, 0.3) is 0 Å². The number of hydrogen-bond donors (Lipinski definition) is 2. The number of allylic oxidation sites excluding steroid dienone is 2. The largest absolute Gasteiger partial charge is 0.334 e. The van der Waals surface area contributed by atoms with Gasteiger partial charge in [0.15, 0.2) is 0 Å². The highest BCUT2D eigenvalue weighted by atomic mass is 32.2. The fraction of sp³-hybridized carbons (Fsp3) is 0.167. The van der Waals surface area contributed by atoms with E-state index in [1.54, 1.807) is 25.0 Å². The third-order valence-corrected chi connectivity index (χ3v) is 1.80. The quantitative estimate of drug-likeness (QED) is 0.663. The molecule has 2 rings (SSSR count). The van der Waals surface area contributed by atoms with Gasteiger partial charge in [0.1, 0.15) is 0 Å². The van der Waals surface area contributed by atoms with Crippen molar-refractivity contribution in [1.82, 2.24) is 19.1 Å². The van der Waals surface area contributed by atoms with E-state index in [4.69, 9.17) is 13.3 Å². The lowest BCUT2D eigenvalue weighted by atomic mass is 10.6. The van der Waals surface area contributed by atoms with Gasteiger partial charge >= 0.3 is 0 Å². The van der Waals surface area contributed by atoms with Crippen LogP contribution in [-0.4, -0.2) is 32.4 Å². The van der Waals surface area contributed by atoms with E-state index in [1.165, 1.54) is 0 Å². The summed E-state index contributed by atoms with van der Waals surface area (Å²) in [7, 11) is 0. The average Bonchev–Trinajstić information content (AvgIpc) is 3.03. The maximum absolute atomic E-state index is 8.67. The molecular formula is C12H18N4O3S. The van der Waals surface area contributed by atoms with Crippen molar-refractivity contribution in [3.8, 4) is 0 Å². The molecular weight excluding hydrogens is 280 g/mol. The average molecular weight is 298 g/mol. The fourth-order valence-corrected chi connectivity index (χ4v) is 1.09. The molecule has 0 atom stereocenters. The number of hydrogen-bond acceptors (Lipinski definition) is 3. The molecule has 0 fully saturated rings. The lowest BCUT2D eigenvalue weighted by Crippen LogP contribution is -1.87. The van der Waals surface area contributed by atoms with Gasteiger partial charge in [0.2, 0.25) is 0 Å². The highest BCUT2D eigenvalue weighted by molar-refractivity contribution is 7.73. The van der Waals surface area contributed by atoms with Gasteiger partial charge in [0, 0.05) is 37.9 Å². The summed E-state index contributed by atoms with van der Waals surface area (Å²) < 4.78 is 26.7. The zero-order chi connectivity index (χ0) is 15.2. The second kappa shape index (κ2) is 12.0. The summed E-state index contributed by atoms with van der Waals surface area (Å²) >= 11 is -2.61. The normalized spacial score (nSPS) is 8.95. The summed E-state index contributed by atoms with van der Waals surface area (Å²) in [6.07, 6.45) is 14.5. The molecule has 2 aromatic rings. The second-order valence-corrected chi connectivity index (χ2v) is 3.79. The van der Waals surface area contributed by atoms with E-state index in [-0.39, 0.29) is 0 Å². The van der Waals surface area contributed by atoms with Crippen LogP contribution in [0.15, 0.2) is 62.8 Å². The number of nitrogens with zero attached hydrogens (tertiary/aromatic N) is 4. The van der Waals surface area contributed by atoms with Crippen molar-refractivity contribution < 1.29 is 13.3 Å². The molecule has 0 aliphatic rings. The smallest absolute Gasteiger partial charge is 0.299 e. The maximum Gasteiger partial charge on any atom is 0.299 e. The maximum atomic E-state index is 8.67. The molecule has 0 bridgehead atoms. The van der Waals surface area contributed by atoms with Gasteiger partial charge in [-0.15, -0.1) is 13.2 Å². The number of imidazole rings is 2. The van der Waals surface area contributed by atoms with E-state index in [2.05, 4.69) is 23.1 Å². The predicted molar refractivity (Wildman–Crippen MR) is 78.2 cm³/mol. The van der Waals surface area contributed by atoms with Crippen molar-refractivity contribution in [2.45, 2.75) is 13.1 Å². The van der Waals surface area contributed by atoms with Crippen molar-refractivity contribution in [3.63, 3.8) is 0 Å². The number of aromatic nitrogens is 4. The van der Waals surface area contributed by atoms with Crippen LogP contribution >= 0.6 is 0 Å². The molecule has 0 unspecified atom stereocenters. The van der Waals surface area contributed by atoms with Crippen molar-refractivity contribution in [2.24, 2.45) is 0 Å². The Morgan fingerprint density at radius 3 is 1.55 bits per heavy atom. The van der Waals surface area contributed by atoms with E-state index in [0.29, 0.717) is 0 Å². The highest BCUT2D eigenvalue weighted by Gasteiger charge is 1.79. The van der Waals surface area contributed by atoms with Gasteiger partial charge in [-0.2, -0.15) is 4.21 Å². The minimum atomic E-state index is -2.61. The van der Waals surface area contributed by atoms with E-state index < -0.39 is 11.4 Å². The van der Waals surface area contributed by atoms with Crippen LogP contribution < -0.4 is 0 Å². The molecule has 2 N–H and O–H groups in total. The molecule has 0 aliphatic carbocycles. The molecule has 0 aliphatic heterocycles. The first-order chi connectivity index (χ1) is 9.60. The Balaban J connectivity index is 0.000000289. The standard InChI is InChI=1S/2C6H8N2.H2O3S/c2*1-2-4-8-5-3-7-6-8;1-4(2)3/h2*2-3,5-6H,1,4H2;(H2,1,2,3). The Morgan fingerprint density at radius 1 is 1.00 bits per heavy atom. The summed E-state index contributed by atoms with van der Waals surface area (Å²) in [6.45, 7) is 8.87. The van der Waals surface area contributed by atoms with E-state index in [9.17, 15) is 0 Å². The molecule has 8 heteroatoms. The summed E-state index contributed by atoms with van der Waals surface area (Å²) in [6, 6.07) is 0. The zero-order valence-electron chi connectivity index (χ0n) is 10.9. The van der Waals surface area contributed by atoms with Crippen molar-refractivity contribution in [3.05, 3.63) is 62.8 Å². The first-order valence-corrected chi connectivity index (χ1v) is 6.59. The van der Waals surface area contributed by atoms with Gasteiger partial charge in [-0.05, 0) is 0 Å². The van der Waals surface area contributed by atoms with Crippen molar-refractivity contribution in [2.75, 3.05) is 0 Å². The third kappa shape index (κ3) is 11.1. The minimum absolute atomic E-state index is 0.847. The molecule has 7 nitrogen and oxygen atoms in total. The van der Waals surface area contributed by atoms with E-state index >= 15 is 0 Å². The number of rotatable bonds is 4. The van der Waals surface area contributed by atoms with Crippen LogP contribution in [0.1, 0.15) is 0 Å². The van der Waals surface area contributed by atoms with Crippen molar-refractivity contribution >= 4 is 11.4 Å². The van der Waals surface area contributed by atoms with Gasteiger partial charge in [0.25, 0.3) is 11.4 Å². The van der Waals surface area contributed by atoms with Crippen molar-refractivity contribution in [1.29, 1.82) is 0 Å². The van der Waals surface area contributed by atoms with Crippen LogP contribution in [0.2, 0.25) is 0 Å².